The highest BCUT2D eigenvalue weighted by molar-refractivity contribution is 4.93. The van der Waals surface area contributed by atoms with E-state index in [4.69, 9.17) is 19.3 Å². The lowest BCUT2D eigenvalue weighted by molar-refractivity contribution is -0.245. The summed E-state index contributed by atoms with van der Waals surface area (Å²) in [5.41, 5.74) is 0. The van der Waals surface area contributed by atoms with Crippen LogP contribution in [0.15, 0.2) is 0 Å². The first-order valence-corrected chi connectivity index (χ1v) is 8.32. The summed E-state index contributed by atoms with van der Waals surface area (Å²) in [5, 5.41) is 67.9. The third kappa shape index (κ3) is 4.48. The number of aliphatic hydroxyl groups is 7. The molecule has 10 atom stereocenters. The third-order valence-electron chi connectivity index (χ3n) is 4.90. The number of ether oxygens (including phenoxy) is 3. The van der Waals surface area contributed by atoms with E-state index in [0.29, 0.717) is 0 Å². The van der Waals surface area contributed by atoms with Crippen molar-refractivity contribution in [3.8, 4) is 0 Å². The summed E-state index contributed by atoms with van der Waals surface area (Å²) in [4.78, 5) is 0. The second kappa shape index (κ2) is 9.00. The van der Waals surface area contributed by atoms with Crippen molar-refractivity contribution in [1.29, 1.82) is 0 Å². The van der Waals surface area contributed by atoms with E-state index in [9.17, 15) is 30.6 Å². The first kappa shape index (κ1) is 20.9. The van der Waals surface area contributed by atoms with Crippen LogP contribution in [0.1, 0.15) is 6.92 Å². The molecule has 2 saturated heterocycles. The second-order valence-electron chi connectivity index (χ2n) is 6.61. The zero-order chi connectivity index (χ0) is 18.7. The van der Waals surface area contributed by atoms with Crippen molar-refractivity contribution in [2.75, 3.05) is 26.4 Å². The fourth-order valence-corrected chi connectivity index (χ4v) is 3.23. The van der Waals surface area contributed by atoms with Gasteiger partial charge in [0.1, 0.15) is 36.6 Å². The van der Waals surface area contributed by atoms with Crippen molar-refractivity contribution in [2.24, 2.45) is 5.92 Å². The molecule has 2 aliphatic heterocycles. The van der Waals surface area contributed by atoms with Crippen LogP contribution in [-0.2, 0) is 14.2 Å². The van der Waals surface area contributed by atoms with Crippen LogP contribution < -0.4 is 0 Å². The van der Waals surface area contributed by atoms with Gasteiger partial charge in [-0.15, -0.1) is 0 Å². The Kier molecular flexibility index (Phi) is 7.52. The third-order valence-corrected chi connectivity index (χ3v) is 4.90. The molecule has 2 heterocycles. The maximum atomic E-state index is 10.1. The molecule has 0 spiro atoms. The normalized spacial score (nSPS) is 48.5. The molecule has 0 amide bonds. The number of hydrogen-bond acceptors (Lipinski definition) is 10. The predicted octanol–water partition coefficient (Wildman–Crippen LogP) is -4.04. The lowest BCUT2D eigenvalue weighted by Crippen LogP contribution is -2.60. The Morgan fingerprint density at radius 3 is 1.88 bits per heavy atom. The van der Waals surface area contributed by atoms with Crippen LogP contribution in [0.2, 0.25) is 0 Å². The minimum absolute atomic E-state index is 0.0921. The monoisotopic (exact) mass is 368 g/mol. The average Bonchev–Trinajstić information content (AvgIpc) is 2.61. The molecule has 0 radical (unpaired) electrons. The van der Waals surface area contributed by atoms with Gasteiger partial charge in [0, 0.05) is 5.92 Å². The molecule has 10 heteroatoms. The van der Waals surface area contributed by atoms with Crippen LogP contribution in [-0.4, -0.2) is 117 Å². The molecule has 0 saturated carbocycles. The SMILES string of the molecule is C[C@@H]1OC(CO)[C@@H](COC[C@@H]2OC(CO)[C@@H](O)[C@@H](O)C2O)[C@@H](O)C1O. The van der Waals surface area contributed by atoms with Gasteiger partial charge < -0.3 is 50.0 Å². The first-order chi connectivity index (χ1) is 11.8. The van der Waals surface area contributed by atoms with Crippen molar-refractivity contribution in [3.05, 3.63) is 0 Å². The lowest BCUT2D eigenvalue weighted by atomic mass is 9.88. The Morgan fingerprint density at radius 1 is 0.680 bits per heavy atom. The summed E-state index contributed by atoms with van der Waals surface area (Å²) < 4.78 is 16.2. The van der Waals surface area contributed by atoms with Crippen molar-refractivity contribution in [3.63, 3.8) is 0 Å². The topological polar surface area (TPSA) is 169 Å². The standard InChI is InChI=1S/C15H28O10/c1-6-11(18)12(19)7(8(2-16)24-6)4-23-5-10-14(21)15(22)13(20)9(3-17)25-10/h6-22H,2-5H2,1H3/t6-,7+,8?,9?,10-,11?,12+,13+,14?,15+/m0/s1. The van der Waals surface area contributed by atoms with Gasteiger partial charge >= 0.3 is 0 Å². The van der Waals surface area contributed by atoms with Gasteiger partial charge in [-0.05, 0) is 6.92 Å². The van der Waals surface area contributed by atoms with E-state index in [1.807, 2.05) is 0 Å². The van der Waals surface area contributed by atoms with Crippen LogP contribution in [0.5, 0.6) is 0 Å². The molecule has 2 fully saturated rings. The quantitative estimate of drug-likeness (QED) is 0.245. The van der Waals surface area contributed by atoms with Crippen LogP contribution in [0.3, 0.4) is 0 Å². The molecule has 0 bridgehead atoms. The Balaban J connectivity index is 1.90. The predicted molar refractivity (Wildman–Crippen MR) is 81.5 cm³/mol. The lowest BCUT2D eigenvalue weighted by Gasteiger charge is -2.42. The first-order valence-electron chi connectivity index (χ1n) is 8.32. The van der Waals surface area contributed by atoms with Gasteiger partial charge in [0.15, 0.2) is 0 Å². The number of hydrogen-bond donors (Lipinski definition) is 7. The van der Waals surface area contributed by atoms with E-state index in [2.05, 4.69) is 0 Å². The molecule has 2 aliphatic rings. The minimum atomic E-state index is -1.49. The smallest absolute Gasteiger partial charge is 0.111 e. The molecular formula is C15H28O10. The molecule has 148 valence electrons. The van der Waals surface area contributed by atoms with Crippen molar-refractivity contribution >= 4 is 0 Å². The highest BCUT2D eigenvalue weighted by Crippen LogP contribution is 2.27. The van der Waals surface area contributed by atoms with E-state index >= 15 is 0 Å². The van der Waals surface area contributed by atoms with Crippen LogP contribution >= 0.6 is 0 Å². The number of aliphatic hydroxyl groups excluding tert-OH is 7. The van der Waals surface area contributed by atoms with Gasteiger partial charge in [-0.25, -0.2) is 0 Å². The zero-order valence-corrected chi connectivity index (χ0v) is 14.0. The van der Waals surface area contributed by atoms with Gasteiger partial charge in [-0.1, -0.05) is 0 Å². The molecule has 0 aromatic rings. The number of rotatable bonds is 6. The molecule has 10 nitrogen and oxygen atoms in total. The van der Waals surface area contributed by atoms with E-state index in [-0.39, 0.29) is 19.8 Å². The van der Waals surface area contributed by atoms with Gasteiger partial charge in [0.2, 0.25) is 0 Å². The molecule has 2 rings (SSSR count). The van der Waals surface area contributed by atoms with E-state index in [1.54, 1.807) is 6.92 Å². The van der Waals surface area contributed by atoms with E-state index < -0.39 is 67.5 Å². The molecule has 4 unspecified atom stereocenters. The maximum absolute atomic E-state index is 10.1. The molecular weight excluding hydrogens is 340 g/mol. The molecule has 7 N–H and O–H groups in total. The maximum Gasteiger partial charge on any atom is 0.111 e. The molecule has 0 aromatic heterocycles. The average molecular weight is 368 g/mol. The van der Waals surface area contributed by atoms with E-state index in [0.717, 1.165) is 0 Å². The van der Waals surface area contributed by atoms with Crippen LogP contribution in [0.4, 0.5) is 0 Å². The van der Waals surface area contributed by atoms with Gasteiger partial charge in [0.05, 0.1) is 44.7 Å². The second-order valence-corrected chi connectivity index (χ2v) is 6.61. The summed E-state index contributed by atoms with van der Waals surface area (Å²) in [6.07, 6.45) is -9.99. The fraction of sp³-hybridized carbons (Fsp3) is 1.00. The van der Waals surface area contributed by atoms with Gasteiger partial charge in [0.25, 0.3) is 0 Å². The Labute approximate surface area is 145 Å². The highest BCUT2D eigenvalue weighted by atomic mass is 16.6. The molecule has 0 aromatic carbocycles. The Bertz CT molecular complexity index is 406. The zero-order valence-electron chi connectivity index (χ0n) is 14.0. The fourth-order valence-electron chi connectivity index (χ4n) is 3.23. The Hall–Kier alpha value is -0.400. The summed E-state index contributed by atoms with van der Waals surface area (Å²) in [5.74, 6) is -0.693. The van der Waals surface area contributed by atoms with Gasteiger partial charge in [-0.3, -0.25) is 0 Å². The van der Waals surface area contributed by atoms with Crippen molar-refractivity contribution in [2.45, 2.75) is 61.9 Å². The molecule has 25 heavy (non-hydrogen) atoms. The minimum Gasteiger partial charge on any atom is -0.394 e. The van der Waals surface area contributed by atoms with Crippen molar-refractivity contribution in [1.82, 2.24) is 0 Å². The summed E-state index contributed by atoms with van der Waals surface area (Å²) >= 11 is 0. The van der Waals surface area contributed by atoms with Gasteiger partial charge in [-0.2, -0.15) is 0 Å². The largest absolute Gasteiger partial charge is 0.394 e. The van der Waals surface area contributed by atoms with Crippen LogP contribution in [0.25, 0.3) is 0 Å². The highest BCUT2D eigenvalue weighted by Gasteiger charge is 2.45. The summed E-state index contributed by atoms with van der Waals surface area (Å²) in [6, 6.07) is 0. The van der Waals surface area contributed by atoms with E-state index in [1.165, 1.54) is 0 Å². The summed E-state index contributed by atoms with van der Waals surface area (Å²) in [7, 11) is 0. The Morgan fingerprint density at radius 2 is 1.28 bits per heavy atom. The van der Waals surface area contributed by atoms with Crippen LogP contribution in [0, 0.1) is 5.92 Å². The van der Waals surface area contributed by atoms with Crippen molar-refractivity contribution < 1.29 is 50.0 Å². The summed E-state index contributed by atoms with van der Waals surface area (Å²) in [6.45, 7) is 0.413. The molecule has 0 aliphatic carbocycles.